The summed E-state index contributed by atoms with van der Waals surface area (Å²) in [4.78, 5) is 35.9. The Kier molecular flexibility index (Phi) is 5.67. The Morgan fingerprint density at radius 1 is 1.07 bits per heavy atom. The third kappa shape index (κ3) is 4.13. The van der Waals surface area contributed by atoms with Crippen LogP contribution in [0.1, 0.15) is 18.2 Å². The molecule has 0 spiro atoms. The molecular formula is C22H19N3O4S. The minimum atomic E-state index is -0.384. The Morgan fingerprint density at radius 2 is 1.80 bits per heavy atom. The standard InChI is InChI=1S/C22H19N3O4S/c1-2-18-16-5-3-4-6-17(16)21(27)25(24-18)11-12-29-15-9-7-14(8-10-15)13-19-20(26)23-22(28)30-19/h3-10,13H,2,11-12H2,1H3,(H,23,26,28). The minimum Gasteiger partial charge on any atom is -0.492 e. The number of carbonyl (C=O) groups excluding carboxylic acids is 2. The van der Waals surface area contributed by atoms with Crippen LogP contribution in [0.4, 0.5) is 4.79 Å². The van der Waals surface area contributed by atoms with E-state index >= 15 is 0 Å². The Morgan fingerprint density at radius 3 is 2.47 bits per heavy atom. The van der Waals surface area contributed by atoms with Crippen LogP contribution >= 0.6 is 11.8 Å². The van der Waals surface area contributed by atoms with E-state index in [1.165, 1.54) is 4.68 Å². The number of amides is 2. The predicted molar refractivity (Wildman–Crippen MR) is 116 cm³/mol. The van der Waals surface area contributed by atoms with Gasteiger partial charge in [-0.25, -0.2) is 4.68 Å². The number of ether oxygens (including phenoxy) is 1. The van der Waals surface area contributed by atoms with E-state index in [2.05, 4.69) is 10.4 Å². The normalized spacial score (nSPS) is 15.0. The Balaban J connectivity index is 1.43. The van der Waals surface area contributed by atoms with Crippen molar-refractivity contribution in [2.75, 3.05) is 6.61 Å². The number of benzene rings is 2. The monoisotopic (exact) mass is 421 g/mol. The molecule has 1 aliphatic heterocycles. The number of imide groups is 1. The number of hydrogen-bond donors (Lipinski definition) is 1. The fraction of sp³-hybridized carbons (Fsp3) is 0.182. The second-order valence-corrected chi connectivity index (χ2v) is 7.66. The number of aromatic nitrogens is 2. The fourth-order valence-corrected chi connectivity index (χ4v) is 3.88. The molecular weight excluding hydrogens is 402 g/mol. The van der Waals surface area contributed by atoms with E-state index in [-0.39, 0.29) is 16.7 Å². The highest BCUT2D eigenvalue weighted by molar-refractivity contribution is 8.18. The molecule has 1 aliphatic rings. The van der Waals surface area contributed by atoms with Gasteiger partial charge in [-0.1, -0.05) is 37.3 Å². The van der Waals surface area contributed by atoms with Gasteiger partial charge in [-0.3, -0.25) is 19.7 Å². The number of rotatable bonds is 6. The van der Waals surface area contributed by atoms with Crippen LogP contribution in [0, 0.1) is 0 Å². The molecule has 0 bridgehead atoms. The Bertz CT molecular complexity index is 1220. The third-order valence-electron chi connectivity index (χ3n) is 4.67. The first-order valence-corrected chi connectivity index (χ1v) is 10.3. The van der Waals surface area contributed by atoms with Crippen LogP contribution in [0.5, 0.6) is 5.75 Å². The zero-order chi connectivity index (χ0) is 21.1. The number of hydrogen-bond acceptors (Lipinski definition) is 6. The number of thioether (sulfide) groups is 1. The van der Waals surface area contributed by atoms with Gasteiger partial charge in [0, 0.05) is 5.39 Å². The quantitative estimate of drug-likeness (QED) is 0.614. The van der Waals surface area contributed by atoms with Gasteiger partial charge in [0.05, 0.1) is 22.5 Å². The highest BCUT2D eigenvalue weighted by Crippen LogP contribution is 2.26. The van der Waals surface area contributed by atoms with Gasteiger partial charge in [0.2, 0.25) is 0 Å². The molecule has 7 nitrogen and oxygen atoms in total. The van der Waals surface area contributed by atoms with Gasteiger partial charge in [-0.05, 0) is 48.0 Å². The fourth-order valence-electron chi connectivity index (χ4n) is 3.20. The molecule has 0 aliphatic carbocycles. The number of nitrogens with one attached hydrogen (secondary N) is 1. The van der Waals surface area contributed by atoms with Crippen LogP contribution in [0.25, 0.3) is 16.8 Å². The molecule has 0 unspecified atom stereocenters. The topological polar surface area (TPSA) is 90.3 Å². The lowest BCUT2D eigenvalue weighted by Gasteiger charge is -2.11. The van der Waals surface area contributed by atoms with Gasteiger partial charge in [0.15, 0.2) is 0 Å². The lowest BCUT2D eigenvalue weighted by molar-refractivity contribution is -0.115. The van der Waals surface area contributed by atoms with E-state index in [9.17, 15) is 14.4 Å². The zero-order valence-corrected chi connectivity index (χ0v) is 17.1. The van der Waals surface area contributed by atoms with Crippen molar-refractivity contribution in [2.45, 2.75) is 19.9 Å². The van der Waals surface area contributed by atoms with E-state index in [0.717, 1.165) is 34.8 Å². The summed E-state index contributed by atoms with van der Waals surface area (Å²) in [6, 6.07) is 14.7. The third-order valence-corrected chi connectivity index (χ3v) is 5.48. The average Bonchev–Trinajstić information content (AvgIpc) is 3.07. The number of aryl methyl sites for hydroxylation is 1. The van der Waals surface area contributed by atoms with Crippen LogP contribution in [0.2, 0.25) is 0 Å². The summed E-state index contributed by atoms with van der Waals surface area (Å²) in [6.45, 7) is 2.64. The Hall–Kier alpha value is -3.39. The predicted octanol–water partition coefficient (Wildman–Crippen LogP) is 3.36. The van der Waals surface area contributed by atoms with Gasteiger partial charge >= 0.3 is 0 Å². The summed E-state index contributed by atoms with van der Waals surface area (Å²) in [7, 11) is 0. The molecule has 1 aromatic heterocycles. The maximum Gasteiger partial charge on any atom is 0.290 e. The van der Waals surface area contributed by atoms with E-state index < -0.39 is 0 Å². The molecule has 2 amide bonds. The van der Waals surface area contributed by atoms with Crippen LogP contribution in [0.15, 0.2) is 58.2 Å². The van der Waals surface area contributed by atoms with Crippen molar-refractivity contribution in [1.82, 2.24) is 15.1 Å². The SMILES string of the molecule is CCc1nn(CCOc2ccc(C=C3SC(=O)NC3=O)cc2)c(=O)c2ccccc12. The molecule has 2 aromatic carbocycles. The molecule has 0 saturated carbocycles. The van der Waals surface area contributed by atoms with E-state index in [4.69, 9.17) is 4.74 Å². The van der Waals surface area contributed by atoms with E-state index in [0.29, 0.717) is 29.2 Å². The second-order valence-electron chi connectivity index (χ2n) is 6.64. The summed E-state index contributed by atoms with van der Waals surface area (Å²) in [6.07, 6.45) is 2.39. The van der Waals surface area contributed by atoms with E-state index in [1.54, 1.807) is 30.3 Å². The molecule has 0 atom stereocenters. The van der Waals surface area contributed by atoms with Gasteiger partial charge in [-0.15, -0.1) is 0 Å². The summed E-state index contributed by atoms with van der Waals surface area (Å²) in [5.41, 5.74) is 1.54. The van der Waals surface area contributed by atoms with Crippen molar-refractivity contribution in [3.05, 3.63) is 75.0 Å². The molecule has 8 heteroatoms. The molecule has 152 valence electrons. The maximum absolute atomic E-state index is 12.7. The smallest absolute Gasteiger partial charge is 0.290 e. The van der Waals surface area contributed by atoms with Crippen LogP contribution < -0.4 is 15.6 Å². The van der Waals surface area contributed by atoms with Gasteiger partial charge in [0.25, 0.3) is 16.7 Å². The van der Waals surface area contributed by atoms with Crippen molar-refractivity contribution in [3.8, 4) is 5.75 Å². The van der Waals surface area contributed by atoms with Gasteiger partial charge in [-0.2, -0.15) is 5.10 Å². The largest absolute Gasteiger partial charge is 0.492 e. The average molecular weight is 421 g/mol. The zero-order valence-electron chi connectivity index (χ0n) is 16.3. The highest BCUT2D eigenvalue weighted by atomic mass is 32.2. The molecule has 1 N–H and O–H groups in total. The summed E-state index contributed by atoms with van der Waals surface area (Å²) in [5, 5.41) is 7.89. The molecule has 1 fully saturated rings. The molecule has 1 saturated heterocycles. The van der Waals surface area contributed by atoms with Crippen molar-refractivity contribution in [2.24, 2.45) is 0 Å². The second kappa shape index (κ2) is 8.54. The molecule has 0 radical (unpaired) electrons. The molecule has 2 heterocycles. The highest BCUT2D eigenvalue weighted by Gasteiger charge is 2.24. The summed E-state index contributed by atoms with van der Waals surface area (Å²) >= 11 is 0.880. The first-order chi connectivity index (χ1) is 14.5. The number of fused-ring (bicyclic) bond motifs is 1. The van der Waals surface area contributed by atoms with Gasteiger partial charge in [0.1, 0.15) is 12.4 Å². The molecule has 3 aromatic rings. The van der Waals surface area contributed by atoms with Crippen molar-refractivity contribution < 1.29 is 14.3 Å². The van der Waals surface area contributed by atoms with Crippen molar-refractivity contribution >= 4 is 39.8 Å². The first kappa shape index (κ1) is 19.9. The summed E-state index contributed by atoms with van der Waals surface area (Å²) in [5.74, 6) is 0.256. The van der Waals surface area contributed by atoms with Gasteiger partial charge < -0.3 is 4.74 Å². The van der Waals surface area contributed by atoms with Crippen LogP contribution in [-0.4, -0.2) is 27.5 Å². The molecule has 4 rings (SSSR count). The number of carbonyl (C=O) groups is 2. The number of nitrogens with zero attached hydrogens (tertiary/aromatic N) is 2. The lowest BCUT2D eigenvalue weighted by atomic mass is 10.1. The first-order valence-electron chi connectivity index (χ1n) is 9.51. The van der Waals surface area contributed by atoms with Crippen molar-refractivity contribution in [1.29, 1.82) is 0 Å². The maximum atomic E-state index is 12.7. The van der Waals surface area contributed by atoms with Crippen molar-refractivity contribution in [3.63, 3.8) is 0 Å². The minimum absolute atomic E-state index is 0.129. The van der Waals surface area contributed by atoms with E-state index in [1.807, 2.05) is 31.2 Å². The molecule has 30 heavy (non-hydrogen) atoms. The summed E-state index contributed by atoms with van der Waals surface area (Å²) < 4.78 is 7.21. The Labute approximate surface area is 176 Å². The lowest BCUT2D eigenvalue weighted by Crippen LogP contribution is -2.27. The van der Waals surface area contributed by atoms with Crippen LogP contribution in [-0.2, 0) is 17.8 Å². The van der Waals surface area contributed by atoms with Crippen LogP contribution in [0.3, 0.4) is 0 Å².